The first kappa shape index (κ1) is 28.2. The largest absolute Gasteiger partial charge is 0.478 e. The molecule has 0 spiro atoms. The van der Waals surface area contributed by atoms with Gasteiger partial charge in [-0.05, 0) is 84.5 Å². The molecule has 39 heavy (non-hydrogen) atoms. The number of fused-ring (bicyclic) bond motifs is 1. The van der Waals surface area contributed by atoms with E-state index in [0.717, 1.165) is 30.5 Å². The van der Waals surface area contributed by atoms with Gasteiger partial charge in [-0.2, -0.15) is 13.2 Å². The fraction of sp³-hybridized carbons (Fsp3) is 0.226. The lowest BCUT2D eigenvalue weighted by atomic mass is 9.96. The summed E-state index contributed by atoms with van der Waals surface area (Å²) in [5.74, 6) is -4.51. The number of benzene rings is 4. The number of alkyl halides is 3. The van der Waals surface area contributed by atoms with E-state index in [1.807, 2.05) is 25.1 Å². The van der Waals surface area contributed by atoms with E-state index in [4.69, 9.17) is 0 Å². The highest BCUT2D eigenvalue weighted by Gasteiger charge is 2.30. The van der Waals surface area contributed by atoms with Crippen molar-refractivity contribution >= 4 is 10.8 Å². The van der Waals surface area contributed by atoms with Crippen LogP contribution >= 0.6 is 0 Å². The molecule has 0 heterocycles. The Hall–Kier alpha value is -3.81. The van der Waals surface area contributed by atoms with Crippen LogP contribution in [0.15, 0.2) is 72.8 Å². The van der Waals surface area contributed by atoms with E-state index in [1.165, 1.54) is 6.07 Å². The molecule has 0 aromatic heterocycles. The van der Waals surface area contributed by atoms with Gasteiger partial charge in [0.2, 0.25) is 0 Å². The lowest BCUT2D eigenvalue weighted by molar-refractivity contribution is -0.154. The van der Waals surface area contributed by atoms with Gasteiger partial charge in [-0.1, -0.05) is 48.6 Å². The Bertz CT molecular complexity index is 1480. The van der Waals surface area contributed by atoms with E-state index in [1.54, 1.807) is 36.4 Å². The molecule has 0 aliphatic carbocycles. The molecule has 4 aromatic carbocycles. The van der Waals surface area contributed by atoms with Crippen LogP contribution in [-0.2, 0) is 19.3 Å². The first-order valence-corrected chi connectivity index (χ1v) is 12.3. The topological polar surface area (TPSA) is 9.23 Å². The average Bonchev–Trinajstić information content (AvgIpc) is 2.87. The molecule has 0 fully saturated rings. The van der Waals surface area contributed by atoms with Gasteiger partial charge in [-0.15, -0.1) is 0 Å². The van der Waals surface area contributed by atoms with Crippen LogP contribution < -0.4 is 4.74 Å². The first-order valence-electron chi connectivity index (χ1n) is 12.3. The number of allylic oxidation sites excluding steroid dienone is 2. The molecule has 0 saturated carbocycles. The second-order valence-corrected chi connectivity index (χ2v) is 9.19. The highest BCUT2D eigenvalue weighted by molar-refractivity contribution is 5.88. The van der Waals surface area contributed by atoms with Crippen molar-refractivity contribution < 1.29 is 35.5 Å². The SMILES string of the molecule is C/C=C/CCc1ccc(-c2ccc3c(F)c(CCc4cc(F)c(OCC(F)(F)F)c(F)c4)ccc3c2)c(F)c1. The second-order valence-electron chi connectivity index (χ2n) is 9.19. The zero-order valence-corrected chi connectivity index (χ0v) is 21.0. The predicted octanol–water partition coefficient (Wildman–Crippen LogP) is 9.30. The number of halogens is 7. The van der Waals surface area contributed by atoms with Crippen molar-refractivity contribution in [2.75, 3.05) is 6.61 Å². The van der Waals surface area contributed by atoms with Crippen LogP contribution in [-0.4, -0.2) is 12.8 Å². The smallest absolute Gasteiger partial charge is 0.422 e. The van der Waals surface area contributed by atoms with Gasteiger partial charge in [-0.25, -0.2) is 17.6 Å². The van der Waals surface area contributed by atoms with E-state index in [2.05, 4.69) is 4.74 Å². The summed E-state index contributed by atoms with van der Waals surface area (Å²) in [6.45, 7) is 0.110. The van der Waals surface area contributed by atoms with Crippen LogP contribution in [0.5, 0.6) is 5.75 Å². The molecule has 0 atom stereocenters. The number of rotatable bonds is 9. The Kier molecular flexibility index (Phi) is 8.63. The van der Waals surface area contributed by atoms with E-state index in [0.29, 0.717) is 27.5 Å². The molecule has 4 aromatic rings. The molecule has 0 bridgehead atoms. The van der Waals surface area contributed by atoms with Crippen molar-refractivity contribution in [3.05, 3.63) is 113 Å². The summed E-state index contributed by atoms with van der Waals surface area (Å²) >= 11 is 0. The van der Waals surface area contributed by atoms with Crippen molar-refractivity contribution in [3.8, 4) is 16.9 Å². The molecule has 0 unspecified atom stereocenters. The van der Waals surface area contributed by atoms with Crippen LogP contribution in [0.25, 0.3) is 21.9 Å². The minimum absolute atomic E-state index is 0.0412. The lowest BCUT2D eigenvalue weighted by Crippen LogP contribution is -2.20. The highest BCUT2D eigenvalue weighted by Crippen LogP contribution is 2.31. The van der Waals surface area contributed by atoms with E-state index in [9.17, 15) is 26.3 Å². The summed E-state index contributed by atoms with van der Waals surface area (Å²) in [5, 5.41) is 0.876. The third-order valence-electron chi connectivity index (χ3n) is 6.34. The predicted molar refractivity (Wildman–Crippen MR) is 138 cm³/mol. The van der Waals surface area contributed by atoms with Gasteiger partial charge in [-0.3, -0.25) is 0 Å². The molecule has 0 amide bonds. The average molecular weight is 547 g/mol. The van der Waals surface area contributed by atoms with E-state index < -0.39 is 36.0 Å². The molecule has 1 nitrogen and oxygen atoms in total. The van der Waals surface area contributed by atoms with Gasteiger partial charge in [0.1, 0.15) is 11.6 Å². The minimum Gasteiger partial charge on any atom is -0.478 e. The first-order chi connectivity index (χ1) is 18.6. The maximum Gasteiger partial charge on any atom is 0.422 e. The molecule has 4 rings (SSSR count). The maximum atomic E-state index is 15.3. The Morgan fingerprint density at radius 2 is 1.46 bits per heavy atom. The van der Waals surface area contributed by atoms with Crippen molar-refractivity contribution in [2.24, 2.45) is 0 Å². The Morgan fingerprint density at radius 3 is 2.13 bits per heavy atom. The Morgan fingerprint density at radius 1 is 0.744 bits per heavy atom. The van der Waals surface area contributed by atoms with E-state index in [-0.39, 0.29) is 24.2 Å². The number of hydrogen-bond donors (Lipinski definition) is 0. The minimum atomic E-state index is -4.74. The van der Waals surface area contributed by atoms with Crippen LogP contribution in [0.4, 0.5) is 30.7 Å². The lowest BCUT2D eigenvalue weighted by Gasteiger charge is -2.12. The molecular weight excluding hydrogens is 521 g/mol. The molecule has 0 N–H and O–H groups in total. The summed E-state index contributed by atoms with van der Waals surface area (Å²) in [4.78, 5) is 0. The normalized spacial score (nSPS) is 12.0. The van der Waals surface area contributed by atoms with Gasteiger partial charge in [0.05, 0.1) is 0 Å². The number of ether oxygens (including phenoxy) is 1. The Labute approximate surface area is 221 Å². The molecular formula is C31H25F7O. The molecule has 204 valence electrons. The third kappa shape index (κ3) is 6.99. The zero-order chi connectivity index (χ0) is 28.2. The van der Waals surface area contributed by atoms with Crippen molar-refractivity contribution in [1.82, 2.24) is 0 Å². The summed E-state index contributed by atoms with van der Waals surface area (Å²) in [5.41, 5.74) is 2.33. The monoisotopic (exact) mass is 546 g/mol. The molecule has 0 aliphatic heterocycles. The number of aryl methyl sites for hydroxylation is 3. The maximum absolute atomic E-state index is 15.3. The standard InChI is InChI=1S/C31H25F7O/c1-2-3-4-5-19-7-12-24(26(32)14-19)22-11-13-25-23(17-22)10-9-21(29(25)35)8-6-20-15-27(33)30(28(34)16-20)39-18-31(36,37)38/h2-3,7,9-17H,4-6,8,18H2,1H3/b3-2+. The molecule has 0 saturated heterocycles. The van der Waals surface area contributed by atoms with Crippen molar-refractivity contribution in [2.45, 2.75) is 38.8 Å². The van der Waals surface area contributed by atoms with Crippen molar-refractivity contribution in [1.29, 1.82) is 0 Å². The number of hydrogen-bond acceptors (Lipinski definition) is 1. The van der Waals surface area contributed by atoms with Gasteiger partial charge in [0, 0.05) is 10.9 Å². The summed E-state index contributed by atoms with van der Waals surface area (Å²) in [6, 6.07) is 15.0. The zero-order valence-electron chi connectivity index (χ0n) is 21.0. The summed E-state index contributed by atoms with van der Waals surface area (Å²) in [7, 11) is 0. The second kappa shape index (κ2) is 11.9. The van der Waals surface area contributed by atoms with Gasteiger partial charge >= 0.3 is 6.18 Å². The van der Waals surface area contributed by atoms with Gasteiger partial charge < -0.3 is 4.74 Å². The van der Waals surface area contributed by atoms with Crippen molar-refractivity contribution in [3.63, 3.8) is 0 Å². The summed E-state index contributed by atoms with van der Waals surface area (Å²) < 4.78 is 99.6. The third-order valence-corrected chi connectivity index (χ3v) is 6.34. The van der Waals surface area contributed by atoms with Crippen LogP contribution in [0, 0.1) is 23.3 Å². The van der Waals surface area contributed by atoms with Gasteiger partial charge in [0.25, 0.3) is 0 Å². The van der Waals surface area contributed by atoms with Crippen LogP contribution in [0.3, 0.4) is 0 Å². The molecule has 8 heteroatoms. The van der Waals surface area contributed by atoms with E-state index >= 15 is 4.39 Å². The highest BCUT2D eigenvalue weighted by atomic mass is 19.4. The summed E-state index contributed by atoms with van der Waals surface area (Å²) in [6.07, 6.45) is 0.898. The van der Waals surface area contributed by atoms with Gasteiger partial charge in [0.15, 0.2) is 24.0 Å². The molecule has 0 radical (unpaired) electrons. The Balaban J connectivity index is 1.50. The van der Waals surface area contributed by atoms with Crippen LogP contribution in [0.1, 0.15) is 30.0 Å². The van der Waals surface area contributed by atoms with Crippen LogP contribution in [0.2, 0.25) is 0 Å². The molecule has 0 aliphatic rings. The fourth-order valence-corrected chi connectivity index (χ4v) is 4.39. The quantitative estimate of drug-likeness (QED) is 0.150. The fourth-order valence-electron chi connectivity index (χ4n) is 4.39.